The highest BCUT2D eigenvalue weighted by molar-refractivity contribution is 7.99. The van der Waals surface area contributed by atoms with Crippen molar-refractivity contribution in [2.75, 3.05) is 17.6 Å². The Bertz CT molecular complexity index is 350. The van der Waals surface area contributed by atoms with Crippen LogP contribution in [0.1, 0.15) is 44.9 Å². The molecule has 3 nitrogen and oxygen atoms in total. The molecule has 1 aromatic rings. The van der Waals surface area contributed by atoms with E-state index in [2.05, 4.69) is 35.2 Å². The summed E-state index contributed by atoms with van der Waals surface area (Å²) in [4.78, 5) is 9.18. The maximum Gasteiger partial charge on any atom is 0.135 e. The van der Waals surface area contributed by atoms with Crippen molar-refractivity contribution in [2.45, 2.75) is 44.1 Å². The van der Waals surface area contributed by atoms with Crippen LogP contribution >= 0.6 is 11.8 Å². The molecule has 1 N–H and O–H groups in total. The molecule has 1 aliphatic rings. The van der Waals surface area contributed by atoms with Crippen LogP contribution in [0.5, 0.6) is 0 Å². The predicted octanol–water partition coefficient (Wildman–Crippen LogP) is 3.29. The first-order chi connectivity index (χ1) is 7.83. The first-order valence-electron chi connectivity index (χ1n) is 6.09. The quantitative estimate of drug-likeness (QED) is 0.608. The molecular weight excluding hydrogens is 218 g/mol. The average Bonchev–Trinajstić information content (AvgIpc) is 3.10. The van der Waals surface area contributed by atoms with Crippen LogP contribution < -0.4 is 5.32 Å². The molecule has 0 aliphatic heterocycles. The Hall–Kier alpha value is -0.770. The summed E-state index contributed by atoms with van der Waals surface area (Å²) >= 11 is 1.83. The fraction of sp³-hybridized carbons (Fsp3) is 0.667. The van der Waals surface area contributed by atoms with Gasteiger partial charge in [0, 0.05) is 18.5 Å². The van der Waals surface area contributed by atoms with Gasteiger partial charge in [-0.15, -0.1) is 11.8 Å². The molecule has 0 radical (unpaired) electrons. The van der Waals surface area contributed by atoms with Crippen LogP contribution in [0.3, 0.4) is 0 Å². The highest BCUT2D eigenvalue weighted by Crippen LogP contribution is 2.39. The van der Waals surface area contributed by atoms with Crippen LogP contribution in [0.4, 0.5) is 5.82 Å². The fourth-order valence-electron chi connectivity index (χ4n) is 1.52. The van der Waals surface area contributed by atoms with Gasteiger partial charge in [0.05, 0.1) is 0 Å². The zero-order valence-corrected chi connectivity index (χ0v) is 10.8. The number of thioether (sulfide) groups is 1. The first kappa shape index (κ1) is 11.7. The number of aromatic nitrogens is 2. The molecule has 16 heavy (non-hydrogen) atoms. The van der Waals surface area contributed by atoms with Crippen LogP contribution in [0.2, 0.25) is 0 Å². The second-order valence-electron chi connectivity index (χ2n) is 4.10. The summed E-state index contributed by atoms with van der Waals surface area (Å²) in [5.41, 5.74) is 0. The van der Waals surface area contributed by atoms with Crippen LogP contribution in [-0.4, -0.2) is 22.3 Å². The molecule has 0 spiro atoms. The minimum absolute atomic E-state index is 0.625. The van der Waals surface area contributed by atoms with Crippen molar-refractivity contribution in [2.24, 2.45) is 0 Å². The normalized spacial score (nSPS) is 15.1. The van der Waals surface area contributed by atoms with Gasteiger partial charge in [-0.05, 0) is 31.9 Å². The van der Waals surface area contributed by atoms with Crippen molar-refractivity contribution < 1.29 is 0 Å². The molecule has 0 aromatic carbocycles. The topological polar surface area (TPSA) is 37.8 Å². The van der Waals surface area contributed by atoms with E-state index < -0.39 is 0 Å². The van der Waals surface area contributed by atoms with Gasteiger partial charge in [0.25, 0.3) is 0 Å². The average molecular weight is 237 g/mol. The molecule has 0 amide bonds. The molecule has 0 unspecified atom stereocenters. The standard InChI is InChI=1S/C12H19N3S/c1-3-7-16-11-8-10(13-4-2)14-12(15-11)9-5-6-9/h8-9H,3-7H2,1-2H3,(H,13,14,15). The Labute approximate surface area is 101 Å². The summed E-state index contributed by atoms with van der Waals surface area (Å²) < 4.78 is 0. The molecule has 1 saturated carbocycles. The maximum atomic E-state index is 4.63. The molecule has 88 valence electrons. The van der Waals surface area contributed by atoms with Crippen molar-refractivity contribution in [1.29, 1.82) is 0 Å². The molecule has 1 heterocycles. The Kier molecular flexibility index (Phi) is 4.04. The third-order valence-electron chi connectivity index (χ3n) is 2.47. The van der Waals surface area contributed by atoms with Gasteiger partial charge in [0.1, 0.15) is 16.7 Å². The van der Waals surface area contributed by atoms with Crippen LogP contribution in [-0.2, 0) is 0 Å². The van der Waals surface area contributed by atoms with Gasteiger partial charge in [-0.25, -0.2) is 9.97 Å². The summed E-state index contributed by atoms with van der Waals surface area (Å²) in [7, 11) is 0. The van der Waals surface area contributed by atoms with Gasteiger partial charge in [-0.1, -0.05) is 6.92 Å². The number of nitrogens with one attached hydrogen (secondary N) is 1. The van der Waals surface area contributed by atoms with Gasteiger partial charge >= 0.3 is 0 Å². The Balaban J connectivity index is 2.14. The van der Waals surface area contributed by atoms with Gasteiger partial charge < -0.3 is 5.32 Å². The Morgan fingerprint density at radius 3 is 2.81 bits per heavy atom. The van der Waals surface area contributed by atoms with Crippen molar-refractivity contribution >= 4 is 17.6 Å². The monoisotopic (exact) mass is 237 g/mol. The second-order valence-corrected chi connectivity index (χ2v) is 5.22. The van der Waals surface area contributed by atoms with Crippen molar-refractivity contribution in [3.8, 4) is 0 Å². The molecule has 0 atom stereocenters. The molecule has 1 fully saturated rings. The molecule has 0 saturated heterocycles. The molecular formula is C12H19N3S. The zero-order valence-electron chi connectivity index (χ0n) is 9.99. The van der Waals surface area contributed by atoms with Crippen molar-refractivity contribution in [1.82, 2.24) is 9.97 Å². The lowest BCUT2D eigenvalue weighted by Gasteiger charge is -2.07. The lowest BCUT2D eigenvalue weighted by Crippen LogP contribution is -2.03. The van der Waals surface area contributed by atoms with Crippen molar-refractivity contribution in [3.63, 3.8) is 0 Å². The van der Waals surface area contributed by atoms with E-state index in [1.807, 2.05) is 11.8 Å². The minimum atomic E-state index is 0.625. The van der Waals surface area contributed by atoms with E-state index in [4.69, 9.17) is 0 Å². The van der Waals surface area contributed by atoms with Crippen molar-refractivity contribution in [3.05, 3.63) is 11.9 Å². The van der Waals surface area contributed by atoms with Crippen LogP contribution in [0.25, 0.3) is 0 Å². The van der Waals surface area contributed by atoms with E-state index in [0.717, 1.165) is 29.0 Å². The SMILES string of the molecule is CCCSc1cc(NCC)nc(C2CC2)n1. The summed E-state index contributed by atoms with van der Waals surface area (Å²) in [5, 5.41) is 4.40. The highest BCUT2D eigenvalue weighted by Gasteiger charge is 2.27. The highest BCUT2D eigenvalue weighted by atomic mass is 32.2. The number of hydrogen-bond donors (Lipinski definition) is 1. The van der Waals surface area contributed by atoms with Gasteiger partial charge in [0.15, 0.2) is 0 Å². The lowest BCUT2D eigenvalue weighted by molar-refractivity contribution is 0.876. The molecule has 4 heteroatoms. The minimum Gasteiger partial charge on any atom is -0.370 e. The van der Waals surface area contributed by atoms with Crippen LogP contribution in [0.15, 0.2) is 11.1 Å². The number of rotatable bonds is 6. The third-order valence-corrected chi connectivity index (χ3v) is 3.59. The number of anilines is 1. The van der Waals surface area contributed by atoms with E-state index in [1.54, 1.807) is 0 Å². The summed E-state index contributed by atoms with van der Waals surface area (Å²) in [5.74, 6) is 3.78. The summed E-state index contributed by atoms with van der Waals surface area (Å²) in [6.45, 7) is 5.21. The van der Waals surface area contributed by atoms with E-state index in [0.29, 0.717) is 5.92 Å². The second kappa shape index (κ2) is 5.53. The fourth-order valence-corrected chi connectivity index (χ4v) is 2.29. The predicted molar refractivity (Wildman–Crippen MR) is 69.2 cm³/mol. The largest absolute Gasteiger partial charge is 0.370 e. The molecule has 1 aromatic heterocycles. The first-order valence-corrected chi connectivity index (χ1v) is 7.07. The van der Waals surface area contributed by atoms with E-state index in [9.17, 15) is 0 Å². The van der Waals surface area contributed by atoms with Gasteiger partial charge in [0.2, 0.25) is 0 Å². The lowest BCUT2D eigenvalue weighted by atomic mass is 10.4. The number of nitrogens with zero attached hydrogens (tertiary/aromatic N) is 2. The van der Waals surface area contributed by atoms with Crippen LogP contribution in [0, 0.1) is 0 Å². The molecule has 1 aliphatic carbocycles. The van der Waals surface area contributed by atoms with E-state index in [-0.39, 0.29) is 0 Å². The van der Waals surface area contributed by atoms with E-state index in [1.165, 1.54) is 19.3 Å². The summed E-state index contributed by atoms with van der Waals surface area (Å²) in [6.07, 6.45) is 3.70. The molecule has 2 rings (SSSR count). The van der Waals surface area contributed by atoms with E-state index >= 15 is 0 Å². The number of hydrogen-bond acceptors (Lipinski definition) is 4. The summed E-state index contributed by atoms with van der Waals surface area (Å²) in [6, 6.07) is 2.07. The van der Waals surface area contributed by atoms with Gasteiger partial charge in [-0.2, -0.15) is 0 Å². The zero-order chi connectivity index (χ0) is 11.4. The molecule has 0 bridgehead atoms. The van der Waals surface area contributed by atoms with Gasteiger partial charge in [-0.3, -0.25) is 0 Å². The third kappa shape index (κ3) is 3.11. The Morgan fingerprint density at radius 1 is 1.38 bits per heavy atom. The smallest absolute Gasteiger partial charge is 0.135 e. The maximum absolute atomic E-state index is 4.63. The Morgan fingerprint density at radius 2 is 2.19 bits per heavy atom.